The smallest absolute Gasteiger partial charge is 0.185 e. The first-order chi connectivity index (χ1) is 5.57. The van der Waals surface area contributed by atoms with E-state index in [1.807, 2.05) is 10.8 Å². The molecule has 0 spiro atoms. The van der Waals surface area contributed by atoms with Crippen LogP contribution < -0.4 is 0 Å². The lowest BCUT2D eigenvalue weighted by atomic mass is 10.1. The fourth-order valence-corrected chi connectivity index (χ4v) is 4.24. The predicted molar refractivity (Wildman–Crippen MR) is 62.9 cm³/mol. The Morgan fingerprint density at radius 2 is 2.00 bits per heavy atom. The average molecular weight is 224 g/mol. The zero-order chi connectivity index (χ0) is 9.56. The number of carbonyl (C=O) groups excluding carboxylic acids is 1. The summed E-state index contributed by atoms with van der Waals surface area (Å²) in [7, 11) is 3.65. The van der Waals surface area contributed by atoms with Crippen LogP contribution in [-0.4, -0.2) is 22.4 Å². The standard InChI is InChI=1S/C8H16OS3/c1-6(2)8(12-10-4)5-11-7(3)9/h6,8H,5H2,1-4H3/t8-/m1/s1. The van der Waals surface area contributed by atoms with Crippen LogP contribution in [0, 0.1) is 5.92 Å². The van der Waals surface area contributed by atoms with Crippen molar-refractivity contribution in [2.75, 3.05) is 12.0 Å². The van der Waals surface area contributed by atoms with Crippen molar-refractivity contribution in [3.05, 3.63) is 0 Å². The van der Waals surface area contributed by atoms with E-state index in [1.165, 1.54) is 11.8 Å². The highest BCUT2D eigenvalue weighted by Crippen LogP contribution is 2.31. The van der Waals surface area contributed by atoms with E-state index < -0.39 is 0 Å². The maximum atomic E-state index is 10.7. The molecule has 0 heterocycles. The molecule has 0 fully saturated rings. The third kappa shape index (κ3) is 6.26. The summed E-state index contributed by atoms with van der Waals surface area (Å²) in [4.78, 5) is 10.7. The molecule has 4 heteroatoms. The summed E-state index contributed by atoms with van der Waals surface area (Å²) < 4.78 is 0. The van der Waals surface area contributed by atoms with E-state index in [2.05, 4.69) is 20.1 Å². The van der Waals surface area contributed by atoms with Gasteiger partial charge in [-0.1, -0.05) is 47.2 Å². The predicted octanol–water partition coefficient (Wildman–Crippen LogP) is 3.30. The van der Waals surface area contributed by atoms with Gasteiger partial charge in [-0.05, 0) is 12.2 Å². The third-order valence-corrected chi connectivity index (χ3v) is 5.03. The Morgan fingerprint density at radius 3 is 2.33 bits per heavy atom. The molecule has 0 unspecified atom stereocenters. The molecule has 0 radical (unpaired) electrons. The molecule has 12 heavy (non-hydrogen) atoms. The van der Waals surface area contributed by atoms with Crippen LogP contribution in [0.5, 0.6) is 0 Å². The van der Waals surface area contributed by atoms with Crippen LogP contribution in [0.25, 0.3) is 0 Å². The zero-order valence-electron chi connectivity index (χ0n) is 7.99. The topological polar surface area (TPSA) is 17.1 Å². The van der Waals surface area contributed by atoms with Gasteiger partial charge in [0.15, 0.2) is 5.12 Å². The minimum atomic E-state index is 0.224. The SMILES string of the molecule is CSS[C@H](CSC(C)=O)C(C)C. The largest absolute Gasteiger partial charge is 0.288 e. The van der Waals surface area contributed by atoms with E-state index >= 15 is 0 Å². The molecule has 0 aliphatic heterocycles. The summed E-state index contributed by atoms with van der Waals surface area (Å²) >= 11 is 1.43. The molecule has 0 aromatic carbocycles. The third-order valence-electron chi connectivity index (χ3n) is 1.41. The van der Waals surface area contributed by atoms with Gasteiger partial charge in [0.05, 0.1) is 0 Å². The van der Waals surface area contributed by atoms with Gasteiger partial charge in [-0.25, -0.2) is 0 Å². The van der Waals surface area contributed by atoms with Crippen LogP contribution in [0.1, 0.15) is 20.8 Å². The number of thioether (sulfide) groups is 1. The molecule has 0 aromatic rings. The lowest BCUT2D eigenvalue weighted by Crippen LogP contribution is -2.13. The van der Waals surface area contributed by atoms with Gasteiger partial charge in [0.2, 0.25) is 0 Å². The van der Waals surface area contributed by atoms with E-state index in [-0.39, 0.29) is 5.12 Å². The first kappa shape index (κ1) is 12.7. The van der Waals surface area contributed by atoms with E-state index in [9.17, 15) is 4.79 Å². The van der Waals surface area contributed by atoms with Crippen molar-refractivity contribution >= 4 is 38.5 Å². The van der Waals surface area contributed by atoms with E-state index in [1.54, 1.807) is 17.7 Å². The fraction of sp³-hybridized carbons (Fsp3) is 0.875. The van der Waals surface area contributed by atoms with E-state index in [0.29, 0.717) is 11.2 Å². The Hall–Kier alpha value is 0.720. The van der Waals surface area contributed by atoms with Gasteiger partial charge in [-0.2, -0.15) is 0 Å². The van der Waals surface area contributed by atoms with Gasteiger partial charge < -0.3 is 0 Å². The van der Waals surface area contributed by atoms with Gasteiger partial charge in [-0.3, -0.25) is 4.79 Å². The van der Waals surface area contributed by atoms with Crippen LogP contribution >= 0.6 is 33.3 Å². The number of rotatable bonds is 5. The molecule has 0 saturated carbocycles. The fourth-order valence-electron chi connectivity index (χ4n) is 0.654. The molecule has 0 aliphatic rings. The van der Waals surface area contributed by atoms with Crippen LogP contribution in [-0.2, 0) is 4.79 Å². The van der Waals surface area contributed by atoms with Crippen molar-refractivity contribution in [1.29, 1.82) is 0 Å². The Bertz CT molecular complexity index is 136. The molecule has 1 nitrogen and oxygen atoms in total. The maximum Gasteiger partial charge on any atom is 0.185 e. The first-order valence-corrected chi connectivity index (χ1v) is 7.51. The van der Waals surface area contributed by atoms with Crippen LogP contribution in [0.4, 0.5) is 0 Å². The Balaban J connectivity index is 3.70. The van der Waals surface area contributed by atoms with Crippen molar-refractivity contribution in [2.45, 2.75) is 26.0 Å². The summed E-state index contributed by atoms with van der Waals surface area (Å²) in [6.07, 6.45) is 2.08. The highest BCUT2D eigenvalue weighted by molar-refractivity contribution is 8.76. The summed E-state index contributed by atoms with van der Waals surface area (Å²) in [6.45, 7) is 6.04. The van der Waals surface area contributed by atoms with E-state index in [4.69, 9.17) is 0 Å². The molecule has 0 aliphatic carbocycles. The van der Waals surface area contributed by atoms with Crippen molar-refractivity contribution in [1.82, 2.24) is 0 Å². The second kappa shape index (κ2) is 7.15. The molecule has 0 N–H and O–H groups in total. The molecule has 0 aromatic heterocycles. The van der Waals surface area contributed by atoms with Gasteiger partial charge in [0.1, 0.15) is 0 Å². The summed E-state index contributed by atoms with van der Waals surface area (Å²) in [5.41, 5.74) is 0. The van der Waals surface area contributed by atoms with Gasteiger partial charge in [0, 0.05) is 17.9 Å². The van der Waals surface area contributed by atoms with Crippen molar-refractivity contribution in [2.24, 2.45) is 5.92 Å². The average Bonchev–Trinajstić information content (AvgIpc) is 1.96. The molecule has 0 rings (SSSR count). The number of carbonyl (C=O) groups is 1. The normalized spacial score (nSPS) is 13.4. The molecule has 0 saturated heterocycles. The lowest BCUT2D eigenvalue weighted by molar-refractivity contribution is -0.109. The summed E-state index contributed by atoms with van der Waals surface area (Å²) in [5.74, 6) is 1.59. The summed E-state index contributed by atoms with van der Waals surface area (Å²) in [5, 5.41) is 0.816. The molecule has 0 bridgehead atoms. The Labute approximate surface area is 87.2 Å². The van der Waals surface area contributed by atoms with E-state index in [0.717, 1.165) is 5.75 Å². The monoisotopic (exact) mass is 224 g/mol. The quantitative estimate of drug-likeness (QED) is 0.666. The minimum Gasteiger partial charge on any atom is -0.288 e. The van der Waals surface area contributed by atoms with Gasteiger partial charge in [-0.15, -0.1) is 0 Å². The van der Waals surface area contributed by atoms with Gasteiger partial charge >= 0.3 is 0 Å². The lowest BCUT2D eigenvalue weighted by Gasteiger charge is -2.17. The maximum absolute atomic E-state index is 10.7. The van der Waals surface area contributed by atoms with Crippen molar-refractivity contribution in [3.8, 4) is 0 Å². The summed E-state index contributed by atoms with van der Waals surface area (Å²) in [6, 6.07) is 0. The van der Waals surface area contributed by atoms with Crippen LogP contribution in [0.15, 0.2) is 0 Å². The molecule has 72 valence electrons. The molecular weight excluding hydrogens is 208 g/mol. The highest BCUT2D eigenvalue weighted by Gasteiger charge is 2.14. The van der Waals surface area contributed by atoms with Crippen LogP contribution in [0.2, 0.25) is 0 Å². The zero-order valence-corrected chi connectivity index (χ0v) is 10.4. The van der Waals surface area contributed by atoms with Crippen molar-refractivity contribution < 1.29 is 4.79 Å². The first-order valence-electron chi connectivity index (χ1n) is 3.90. The number of hydrogen-bond donors (Lipinski definition) is 0. The van der Waals surface area contributed by atoms with Crippen LogP contribution in [0.3, 0.4) is 0 Å². The second-order valence-corrected chi connectivity index (χ2v) is 6.75. The van der Waals surface area contributed by atoms with Gasteiger partial charge in [0.25, 0.3) is 0 Å². The second-order valence-electron chi connectivity index (χ2n) is 2.85. The minimum absolute atomic E-state index is 0.224. The molecular formula is C8H16OS3. The Morgan fingerprint density at radius 1 is 1.42 bits per heavy atom. The Kier molecular flexibility index (Phi) is 7.58. The number of hydrogen-bond acceptors (Lipinski definition) is 4. The van der Waals surface area contributed by atoms with Crippen molar-refractivity contribution in [3.63, 3.8) is 0 Å². The molecule has 1 atom stereocenters. The highest BCUT2D eigenvalue weighted by atomic mass is 33.1. The molecule has 0 amide bonds.